The van der Waals surface area contributed by atoms with Crippen molar-refractivity contribution >= 4 is 10.9 Å². The minimum absolute atomic E-state index is 0.409. The van der Waals surface area contributed by atoms with Gasteiger partial charge in [0.25, 0.3) is 0 Å². The van der Waals surface area contributed by atoms with Crippen LogP contribution in [0.2, 0.25) is 0 Å². The fourth-order valence-electron chi connectivity index (χ4n) is 2.42. The molecule has 0 aliphatic rings. The summed E-state index contributed by atoms with van der Waals surface area (Å²) in [6.07, 6.45) is -4.38. The van der Waals surface area contributed by atoms with E-state index in [2.05, 4.69) is 4.98 Å². The molecule has 2 aromatic carbocycles. The summed E-state index contributed by atoms with van der Waals surface area (Å²) in [6.45, 7) is 2.33. The van der Waals surface area contributed by atoms with Crippen molar-refractivity contribution in [1.29, 1.82) is 0 Å². The normalized spacial score (nSPS) is 11.7. The predicted molar refractivity (Wildman–Crippen MR) is 83.4 cm³/mol. The lowest BCUT2D eigenvalue weighted by atomic mass is 10.1. The van der Waals surface area contributed by atoms with Crippen molar-refractivity contribution < 1.29 is 17.9 Å². The maximum Gasteiger partial charge on any atom is 0.416 e. The number of halogens is 3. The number of rotatable bonds is 3. The quantitative estimate of drug-likeness (QED) is 0.652. The fraction of sp³-hybridized carbons (Fsp3) is 0.167. The zero-order valence-corrected chi connectivity index (χ0v) is 12.4. The molecular weight excluding hydrogens is 303 g/mol. The van der Waals surface area contributed by atoms with Gasteiger partial charge < -0.3 is 4.74 Å². The molecule has 0 spiro atoms. The molecule has 0 unspecified atom stereocenters. The lowest BCUT2D eigenvalue weighted by Crippen LogP contribution is -2.04. The molecule has 3 rings (SSSR count). The molecule has 2 nitrogen and oxygen atoms in total. The fourth-order valence-corrected chi connectivity index (χ4v) is 2.42. The van der Waals surface area contributed by atoms with E-state index >= 15 is 0 Å². The Balaban J connectivity index is 2.17. The molecule has 0 saturated carbocycles. The highest BCUT2D eigenvalue weighted by atomic mass is 19.4. The van der Waals surface area contributed by atoms with E-state index in [-0.39, 0.29) is 0 Å². The van der Waals surface area contributed by atoms with Gasteiger partial charge in [0.05, 0.1) is 23.4 Å². The zero-order valence-electron chi connectivity index (χ0n) is 12.4. The van der Waals surface area contributed by atoms with E-state index in [9.17, 15) is 13.2 Å². The number of ether oxygens (including phenoxy) is 1. The Kier molecular flexibility index (Phi) is 3.94. The minimum Gasteiger partial charge on any atom is -0.493 e. The molecule has 1 heterocycles. The van der Waals surface area contributed by atoms with Crippen molar-refractivity contribution in [3.05, 3.63) is 60.2 Å². The maximum atomic E-state index is 12.9. The summed E-state index contributed by atoms with van der Waals surface area (Å²) >= 11 is 0. The first-order valence-corrected chi connectivity index (χ1v) is 7.19. The highest BCUT2D eigenvalue weighted by molar-refractivity contribution is 5.87. The molecule has 0 bridgehead atoms. The van der Waals surface area contributed by atoms with Crippen molar-refractivity contribution in [2.75, 3.05) is 6.61 Å². The third kappa shape index (κ3) is 3.13. The van der Waals surface area contributed by atoms with Gasteiger partial charge in [-0.1, -0.05) is 24.3 Å². The smallest absolute Gasteiger partial charge is 0.416 e. The zero-order chi connectivity index (χ0) is 16.4. The van der Waals surface area contributed by atoms with Gasteiger partial charge in [-0.05, 0) is 31.2 Å². The Morgan fingerprint density at radius 2 is 1.78 bits per heavy atom. The lowest BCUT2D eigenvalue weighted by molar-refractivity contribution is -0.137. The van der Waals surface area contributed by atoms with Gasteiger partial charge in [-0.25, -0.2) is 4.98 Å². The molecule has 23 heavy (non-hydrogen) atoms. The van der Waals surface area contributed by atoms with E-state index < -0.39 is 11.7 Å². The second-order valence-corrected chi connectivity index (χ2v) is 5.03. The molecule has 118 valence electrons. The summed E-state index contributed by atoms with van der Waals surface area (Å²) in [7, 11) is 0. The molecule has 1 aromatic heterocycles. The second-order valence-electron chi connectivity index (χ2n) is 5.03. The molecule has 0 radical (unpaired) electrons. The first-order chi connectivity index (χ1) is 11.0. The van der Waals surface area contributed by atoms with Crippen molar-refractivity contribution in [3.8, 4) is 17.0 Å². The molecule has 0 amide bonds. The van der Waals surface area contributed by atoms with Crippen LogP contribution in [0.5, 0.6) is 5.75 Å². The number of hydrogen-bond donors (Lipinski definition) is 0. The van der Waals surface area contributed by atoms with Crippen LogP contribution in [0.1, 0.15) is 12.5 Å². The third-order valence-electron chi connectivity index (χ3n) is 3.46. The molecule has 0 fully saturated rings. The minimum atomic E-state index is -4.38. The first kappa shape index (κ1) is 15.3. The molecule has 0 aliphatic heterocycles. The van der Waals surface area contributed by atoms with Gasteiger partial charge in [0.15, 0.2) is 0 Å². The summed E-state index contributed by atoms with van der Waals surface area (Å²) < 4.78 is 44.3. The van der Waals surface area contributed by atoms with Crippen LogP contribution in [0, 0.1) is 0 Å². The van der Waals surface area contributed by atoms with Crippen molar-refractivity contribution in [3.63, 3.8) is 0 Å². The number of aromatic nitrogens is 1. The highest BCUT2D eigenvalue weighted by Crippen LogP contribution is 2.34. The van der Waals surface area contributed by atoms with Gasteiger partial charge in [0.2, 0.25) is 0 Å². The number of nitrogens with zero attached hydrogens (tertiary/aromatic N) is 1. The van der Waals surface area contributed by atoms with Crippen molar-refractivity contribution in [2.45, 2.75) is 13.1 Å². The SMILES string of the molecule is CCOc1cc(-c2cccc(C(F)(F)F)c2)nc2ccccc12. The monoisotopic (exact) mass is 317 g/mol. The van der Waals surface area contributed by atoms with Gasteiger partial charge >= 0.3 is 6.18 Å². The van der Waals surface area contributed by atoms with Crippen LogP contribution < -0.4 is 4.74 Å². The Morgan fingerprint density at radius 1 is 1.00 bits per heavy atom. The average molecular weight is 317 g/mol. The number of pyridine rings is 1. The maximum absolute atomic E-state index is 12.9. The Bertz CT molecular complexity index is 843. The molecular formula is C18H14F3NO. The molecule has 0 atom stereocenters. The van der Waals surface area contributed by atoms with Gasteiger partial charge in [0, 0.05) is 17.0 Å². The predicted octanol–water partition coefficient (Wildman–Crippen LogP) is 5.32. The lowest BCUT2D eigenvalue weighted by Gasteiger charge is -2.12. The number of fused-ring (bicyclic) bond motifs is 1. The van der Waals surface area contributed by atoms with E-state index in [1.54, 1.807) is 12.1 Å². The van der Waals surface area contributed by atoms with Crippen LogP contribution >= 0.6 is 0 Å². The van der Waals surface area contributed by atoms with Crippen LogP contribution in [0.15, 0.2) is 54.6 Å². The number of alkyl halides is 3. The first-order valence-electron chi connectivity index (χ1n) is 7.19. The molecule has 0 aliphatic carbocycles. The van der Waals surface area contributed by atoms with Crippen molar-refractivity contribution in [2.24, 2.45) is 0 Å². The van der Waals surface area contributed by atoms with E-state index in [1.807, 2.05) is 31.2 Å². The summed E-state index contributed by atoms with van der Waals surface area (Å²) in [5, 5.41) is 0.838. The second kappa shape index (κ2) is 5.91. The highest BCUT2D eigenvalue weighted by Gasteiger charge is 2.30. The molecule has 5 heteroatoms. The number of para-hydroxylation sites is 1. The van der Waals surface area contributed by atoms with E-state index in [1.165, 1.54) is 6.07 Å². The summed E-state index contributed by atoms with van der Waals surface area (Å²) in [5.74, 6) is 0.616. The van der Waals surface area contributed by atoms with E-state index in [0.29, 0.717) is 29.1 Å². The summed E-state index contributed by atoms with van der Waals surface area (Å²) in [5.41, 5.74) is 0.860. The van der Waals surface area contributed by atoms with Crippen molar-refractivity contribution in [1.82, 2.24) is 4.98 Å². The standard InChI is InChI=1S/C18H14F3NO/c1-2-23-17-11-16(22-15-9-4-3-8-14(15)17)12-6-5-7-13(10-12)18(19,20)21/h3-11H,2H2,1H3. The number of hydrogen-bond acceptors (Lipinski definition) is 2. The third-order valence-corrected chi connectivity index (χ3v) is 3.46. The Morgan fingerprint density at radius 3 is 2.52 bits per heavy atom. The van der Waals surface area contributed by atoms with Gasteiger partial charge in [-0.15, -0.1) is 0 Å². The topological polar surface area (TPSA) is 22.1 Å². The van der Waals surface area contributed by atoms with Gasteiger partial charge in [0.1, 0.15) is 5.75 Å². The largest absolute Gasteiger partial charge is 0.493 e. The Hall–Kier alpha value is -2.56. The van der Waals surface area contributed by atoms with Crippen LogP contribution in [0.25, 0.3) is 22.2 Å². The van der Waals surface area contributed by atoms with Gasteiger partial charge in [-0.3, -0.25) is 0 Å². The Labute approximate surface area is 131 Å². The molecule has 0 N–H and O–H groups in total. The van der Waals surface area contributed by atoms with Crippen LogP contribution in [-0.4, -0.2) is 11.6 Å². The van der Waals surface area contributed by atoms with E-state index in [4.69, 9.17) is 4.74 Å². The van der Waals surface area contributed by atoms with E-state index in [0.717, 1.165) is 17.5 Å². The number of benzene rings is 2. The van der Waals surface area contributed by atoms with Crippen LogP contribution in [0.3, 0.4) is 0 Å². The van der Waals surface area contributed by atoms with Crippen LogP contribution in [-0.2, 0) is 6.18 Å². The van der Waals surface area contributed by atoms with Gasteiger partial charge in [-0.2, -0.15) is 13.2 Å². The summed E-state index contributed by atoms with van der Waals surface area (Å²) in [4.78, 5) is 4.46. The molecule has 0 saturated heterocycles. The summed E-state index contributed by atoms with van der Waals surface area (Å²) in [6, 6.07) is 14.2. The average Bonchev–Trinajstić information content (AvgIpc) is 2.54. The molecule has 3 aromatic rings. The van der Waals surface area contributed by atoms with Crippen LogP contribution in [0.4, 0.5) is 13.2 Å².